The predicted molar refractivity (Wildman–Crippen MR) is 68.0 cm³/mol. The fraction of sp³-hybridized carbons (Fsp3) is 0.417. The number of rotatable bonds is 2. The Kier molecular flexibility index (Phi) is 2.69. The fourth-order valence-corrected chi connectivity index (χ4v) is 2.28. The molecule has 1 aliphatic rings. The van der Waals surface area contributed by atoms with E-state index < -0.39 is 5.66 Å². The first-order valence-corrected chi connectivity index (χ1v) is 5.41. The van der Waals surface area contributed by atoms with Crippen molar-refractivity contribution in [3.8, 4) is 0 Å². The molecule has 2 rings (SSSR count). The van der Waals surface area contributed by atoms with Crippen molar-refractivity contribution in [3.05, 3.63) is 29.3 Å². The molecule has 16 heavy (non-hydrogen) atoms. The zero-order valence-electron chi connectivity index (χ0n) is 10.2. The lowest BCUT2D eigenvalue weighted by molar-refractivity contribution is 0.430. The number of likely N-dealkylation sites (N-methyl/N-ethyl adjacent to an activating group) is 2. The molecule has 1 aromatic carbocycles. The number of nitrogens with zero attached hydrogens (tertiary/aromatic N) is 1. The molecule has 4 nitrogen and oxygen atoms in total. The van der Waals surface area contributed by atoms with Crippen LogP contribution >= 0.6 is 0 Å². The van der Waals surface area contributed by atoms with Crippen LogP contribution in [0.3, 0.4) is 0 Å². The minimum Gasteiger partial charge on any atom is -0.341 e. The van der Waals surface area contributed by atoms with Crippen LogP contribution in [-0.4, -0.2) is 27.0 Å². The summed E-state index contributed by atoms with van der Waals surface area (Å²) in [6.07, 6.45) is 0. The molecule has 1 aliphatic heterocycles. The van der Waals surface area contributed by atoms with E-state index >= 15 is 0 Å². The van der Waals surface area contributed by atoms with Crippen LogP contribution in [0.4, 0.5) is 5.69 Å². The molecule has 0 atom stereocenters. The van der Waals surface area contributed by atoms with E-state index in [9.17, 15) is 0 Å². The molecule has 0 saturated heterocycles. The highest BCUT2D eigenvalue weighted by Gasteiger charge is 2.42. The van der Waals surface area contributed by atoms with Crippen molar-refractivity contribution < 1.29 is 0 Å². The Bertz CT molecular complexity index is 433. The van der Waals surface area contributed by atoms with Crippen molar-refractivity contribution in [1.29, 1.82) is 0 Å². The van der Waals surface area contributed by atoms with Gasteiger partial charge in [-0.15, -0.1) is 0 Å². The van der Waals surface area contributed by atoms with Crippen LogP contribution in [0.15, 0.2) is 23.2 Å². The van der Waals surface area contributed by atoms with Gasteiger partial charge in [-0.2, -0.15) is 0 Å². The number of fused-ring (bicyclic) bond motifs is 1. The lowest BCUT2D eigenvalue weighted by Crippen LogP contribution is -2.55. The minimum absolute atomic E-state index is 0.393. The van der Waals surface area contributed by atoms with Crippen LogP contribution < -0.4 is 16.0 Å². The van der Waals surface area contributed by atoms with Gasteiger partial charge >= 0.3 is 0 Å². The Labute approximate surface area is 96.2 Å². The first-order valence-electron chi connectivity index (χ1n) is 5.41. The summed E-state index contributed by atoms with van der Waals surface area (Å²) in [6, 6.07) is 6.36. The molecule has 1 aromatic rings. The van der Waals surface area contributed by atoms with Gasteiger partial charge < -0.3 is 5.32 Å². The number of anilines is 1. The Hall–Kier alpha value is -1.39. The summed E-state index contributed by atoms with van der Waals surface area (Å²) in [5.41, 5.74) is 3.15. The molecule has 0 fully saturated rings. The second kappa shape index (κ2) is 3.88. The van der Waals surface area contributed by atoms with Gasteiger partial charge in [-0.05, 0) is 27.1 Å². The molecule has 3 N–H and O–H groups in total. The zero-order valence-corrected chi connectivity index (χ0v) is 10.2. The van der Waals surface area contributed by atoms with Crippen molar-refractivity contribution in [3.63, 3.8) is 0 Å². The molecule has 0 bridgehead atoms. The molecule has 0 unspecified atom stereocenters. The lowest BCUT2D eigenvalue weighted by atomic mass is 9.99. The third kappa shape index (κ3) is 1.34. The third-order valence-electron chi connectivity index (χ3n) is 3.16. The number of aliphatic imine (C=N–C) groups is 1. The maximum atomic E-state index is 4.31. The Balaban J connectivity index is 2.63. The monoisotopic (exact) mass is 218 g/mol. The van der Waals surface area contributed by atoms with E-state index in [-0.39, 0.29) is 0 Å². The van der Waals surface area contributed by atoms with Crippen molar-refractivity contribution in [1.82, 2.24) is 10.6 Å². The van der Waals surface area contributed by atoms with Gasteiger partial charge in [0.2, 0.25) is 0 Å². The molecular formula is C12H18N4. The van der Waals surface area contributed by atoms with E-state index in [1.54, 1.807) is 7.05 Å². The molecule has 0 aromatic heterocycles. The number of hydrogen-bond donors (Lipinski definition) is 3. The van der Waals surface area contributed by atoms with Gasteiger partial charge in [0.25, 0.3) is 0 Å². The number of nitrogens with one attached hydrogen (secondary N) is 3. The molecule has 86 valence electrons. The Morgan fingerprint density at radius 2 is 1.94 bits per heavy atom. The van der Waals surface area contributed by atoms with Crippen LogP contribution in [-0.2, 0) is 5.66 Å². The van der Waals surface area contributed by atoms with Gasteiger partial charge in [-0.3, -0.25) is 15.6 Å². The highest BCUT2D eigenvalue weighted by molar-refractivity contribution is 6.09. The molecular weight excluding hydrogens is 200 g/mol. The zero-order chi connectivity index (χ0) is 11.8. The predicted octanol–water partition coefficient (Wildman–Crippen LogP) is 1.04. The largest absolute Gasteiger partial charge is 0.341 e. The topological polar surface area (TPSA) is 48.5 Å². The fourth-order valence-electron chi connectivity index (χ4n) is 2.28. The summed E-state index contributed by atoms with van der Waals surface area (Å²) < 4.78 is 0. The Morgan fingerprint density at radius 3 is 2.50 bits per heavy atom. The van der Waals surface area contributed by atoms with Gasteiger partial charge in [-0.25, -0.2) is 0 Å². The quantitative estimate of drug-likeness (QED) is 0.650. The van der Waals surface area contributed by atoms with Gasteiger partial charge in [0.15, 0.2) is 5.66 Å². The summed E-state index contributed by atoms with van der Waals surface area (Å²) >= 11 is 0. The third-order valence-corrected chi connectivity index (χ3v) is 3.16. The first kappa shape index (κ1) is 11.1. The highest BCUT2D eigenvalue weighted by atomic mass is 15.3. The summed E-state index contributed by atoms with van der Waals surface area (Å²) in [5, 5.41) is 9.94. The minimum atomic E-state index is -0.393. The maximum absolute atomic E-state index is 4.31. The second-order valence-electron chi connectivity index (χ2n) is 4.00. The van der Waals surface area contributed by atoms with Crippen molar-refractivity contribution in [2.75, 3.05) is 26.5 Å². The Morgan fingerprint density at radius 1 is 1.25 bits per heavy atom. The van der Waals surface area contributed by atoms with E-state index in [1.165, 1.54) is 11.1 Å². The molecule has 0 radical (unpaired) electrons. The highest BCUT2D eigenvalue weighted by Crippen LogP contribution is 2.34. The summed E-state index contributed by atoms with van der Waals surface area (Å²) in [6.45, 7) is 2.09. The molecule has 0 amide bonds. The van der Waals surface area contributed by atoms with Crippen LogP contribution in [0, 0.1) is 6.92 Å². The molecule has 4 heteroatoms. The lowest BCUT2D eigenvalue weighted by Gasteiger charge is -2.29. The van der Waals surface area contributed by atoms with Gasteiger partial charge in [0, 0.05) is 18.3 Å². The summed E-state index contributed by atoms with van der Waals surface area (Å²) in [7, 11) is 5.66. The number of hydrogen-bond acceptors (Lipinski definition) is 3. The van der Waals surface area contributed by atoms with Crippen LogP contribution in [0.5, 0.6) is 0 Å². The summed E-state index contributed by atoms with van der Waals surface area (Å²) in [5.74, 6) is 0.901. The van der Waals surface area contributed by atoms with E-state index in [0.29, 0.717) is 0 Å². The molecule has 0 aliphatic carbocycles. The second-order valence-corrected chi connectivity index (χ2v) is 4.00. The van der Waals surface area contributed by atoms with E-state index in [2.05, 4.69) is 46.1 Å². The van der Waals surface area contributed by atoms with E-state index in [0.717, 1.165) is 11.5 Å². The van der Waals surface area contributed by atoms with Crippen molar-refractivity contribution in [2.24, 2.45) is 4.99 Å². The molecule has 1 heterocycles. The van der Waals surface area contributed by atoms with Crippen LogP contribution in [0.2, 0.25) is 0 Å². The van der Waals surface area contributed by atoms with E-state index in [1.807, 2.05) is 14.1 Å². The van der Waals surface area contributed by atoms with Crippen LogP contribution in [0.1, 0.15) is 11.1 Å². The first-order chi connectivity index (χ1) is 7.67. The number of amidine groups is 1. The van der Waals surface area contributed by atoms with Gasteiger partial charge in [-0.1, -0.05) is 17.7 Å². The summed E-state index contributed by atoms with van der Waals surface area (Å²) in [4.78, 5) is 4.31. The number of benzene rings is 1. The van der Waals surface area contributed by atoms with Crippen LogP contribution in [0.25, 0.3) is 0 Å². The van der Waals surface area contributed by atoms with E-state index in [4.69, 9.17) is 0 Å². The maximum Gasteiger partial charge on any atom is 0.156 e. The van der Waals surface area contributed by atoms with Crippen molar-refractivity contribution in [2.45, 2.75) is 12.6 Å². The van der Waals surface area contributed by atoms with Gasteiger partial charge in [0.05, 0.1) is 0 Å². The number of aryl methyl sites for hydroxylation is 1. The SMILES string of the molecule is CN=C1Nc2ccc(C)cc2C1(NC)NC. The smallest absolute Gasteiger partial charge is 0.156 e. The average Bonchev–Trinajstić information content (AvgIpc) is 2.62. The van der Waals surface area contributed by atoms with Crippen molar-refractivity contribution >= 4 is 11.5 Å². The molecule has 0 saturated carbocycles. The van der Waals surface area contributed by atoms with Gasteiger partial charge in [0.1, 0.15) is 5.84 Å². The normalized spacial score (nSPS) is 19.6. The average molecular weight is 218 g/mol. The molecule has 0 spiro atoms. The standard InChI is InChI=1S/C12H18N4/c1-8-5-6-10-9(7-8)12(14-3,15-4)11(13-2)16-10/h5-7,14-15H,1-4H3,(H,13,16).